The van der Waals surface area contributed by atoms with Crippen molar-refractivity contribution in [2.24, 2.45) is 5.92 Å². The molecule has 1 atom stereocenters. The van der Waals surface area contributed by atoms with Crippen LogP contribution in [0.3, 0.4) is 0 Å². The van der Waals surface area contributed by atoms with Crippen LogP contribution in [0.1, 0.15) is 25.3 Å². The van der Waals surface area contributed by atoms with Crippen LogP contribution in [-0.2, 0) is 14.3 Å². The van der Waals surface area contributed by atoms with Gasteiger partial charge in [0, 0.05) is 0 Å². The maximum Gasteiger partial charge on any atom is 0.324 e. The summed E-state index contributed by atoms with van der Waals surface area (Å²) in [6, 6.07) is 1.63. The molecule has 1 unspecified atom stereocenters. The van der Waals surface area contributed by atoms with Crippen LogP contribution in [0, 0.1) is 5.92 Å². The van der Waals surface area contributed by atoms with Crippen LogP contribution < -0.4 is 0 Å². The third kappa shape index (κ3) is 3.34. The summed E-state index contributed by atoms with van der Waals surface area (Å²) in [6.45, 7) is 4.04. The van der Waals surface area contributed by atoms with Crippen molar-refractivity contribution < 1.29 is 19.4 Å². The van der Waals surface area contributed by atoms with Crippen molar-refractivity contribution in [1.82, 2.24) is 0 Å². The molecule has 4 nitrogen and oxygen atoms in total. The van der Waals surface area contributed by atoms with Gasteiger partial charge in [0.15, 0.2) is 5.92 Å². The molecule has 16 heavy (non-hydrogen) atoms. The molecule has 0 bridgehead atoms. The highest BCUT2D eigenvalue weighted by Crippen LogP contribution is 2.20. The standard InChI is InChI=1S/C11H14O4S/c1-7(2)5-15-11(14)9(10(12)13)8-3-4-16-6-8/h3-4,6-7,9H,5H2,1-2H3,(H,12,13). The molecule has 1 N–H and O–H groups in total. The first-order chi connectivity index (χ1) is 7.52. The van der Waals surface area contributed by atoms with Crippen molar-refractivity contribution >= 4 is 23.3 Å². The van der Waals surface area contributed by atoms with Gasteiger partial charge in [-0.1, -0.05) is 13.8 Å². The summed E-state index contributed by atoms with van der Waals surface area (Å²) in [5.74, 6) is -2.88. The average molecular weight is 242 g/mol. The third-order valence-corrected chi connectivity index (χ3v) is 2.62. The molecular weight excluding hydrogens is 228 g/mol. The van der Waals surface area contributed by atoms with Crippen LogP contribution in [0.2, 0.25) is 0 Å². The maximum absolute atomic E-state index is 11.6. The lowest BCUT2D eigenvalue weighted by Gasteiger charge is -2.12. The molecule has 5 heteroatoms. The van der Waals surface area contributed by atoms with Crippen LogP contribution >= 0.6 is 11.3 Å². The summed E-state index contributed by atoms with van der Waals surface area (Å²) < 4.78 is 4.94. The molecular formula is C11H14O4S. The predicted molar refractivity (Wildman–Crippen MR) is 60.5 cm³/mol. The molecule has 1 heterocycles. The summed E-state index contributed by atoms with van der Waals surface area (Å²) >= 11 is 1.36. The molecule has 0 saturated carbocycles. The zero-order chi connectivity index (χ0) is 12.1. The van der Waals surface area contributed by atoms with Gasteiger partial charge in [0.1, 0.15) is 0 Å². The Morgan fingerprint density at radius 3 is 2.62 bits per heavy atom. The number of aliphatic carboxylic acids is 1. The first-order valence-electron chi connectivity index (χ1n) is 4.94. The first-order valence-corrected chi connectivity index (χ1v) is 5.88. The summed E-state index contributed by atoms with van der Waals surface area (Å²) in [5, 5.41) is 12.4. The minimum absolute atomic E-state index is 0.195. The average Bonchev–Trinajstić information content (AvgIpc) is 2.67. The van der Waals surface area contributed by atoms with Crippen LogP contribution in [-0.4, -0.2) is 23.7 Å². The molecule has 0 spiro atoms. The fourth-order valence-electron chi connectivity index (χ4n) is 1.15. The molecule has 0 aliphatic carbocycles. The Labute approximate surface area is 97.9 Å². The SMILES string of the molecule is CC(C)COC(=O)C(C(=O)O)c1ccsc1. The lowest BCUT2D eigenvalue weighted by Crippen LogP contribution is -2.24. The molecule has 1 rings (SSSR count). The molecule has 0 radical (unpaired) electrons. The molecule has 88 valence electrons. The second-order valence-electron chi connectivity index (χ2n) is 3.85. The highest BCUT2D eigenvalue weighted by Gasteiger charge is 2.30. The highest BCUT2D eigenvalue weighted by molar-refractivity contribution is 7.08. The van der Waals surface area contributed by atoms with Crippen molar-refractivity contribution in [1.29, 1.82) is 0 Å². The Bertz CT molecular complexity index is 356. The van der Waals surface area contributed by atoms with Gasteiger partial charge in [0.25, 0.3) is 0 Å². The van der Waals surface area contributed by atoms with Gasteiger partial charge in [-0.15, -0.1) is 0 Å². The fraction of sp³-hybridized carbons (Fsp3) is 0.455. The summed E-state index contributed by atoms with van der Waals surface area (Å²) in [5.41, 5.74) is 0.478. The number of carboxylic acid groups (broad SMARTS) is 1. The molecule has 1 aromatic rings. The molecule has 0 amide bonds. The minimum atomic E-state index is -1.20. The van der Waals surface area contributed by atoms with E-state index in [0.717, 1.165) is 0 Å². The number of ether oxygens (including phenoxy) is 1. The lowest BCUT2D eigenvalue weighted by atomic mass is 10.0. The topological polar surface area (TPSA) is 63.6 Å². The Balaban J connectivity index is 2.72. The molecule has 0 aliphatic heterocycles. The Morgan fingerprint density at radius 2 is 2.19 bits per heavy atom. The second kappa shape index (κ2) is 5.65. The largest absolute Gasteiger partial charge is 0.480 e. The van der Waals surface area contributed by atoms with Crippen molar-refractivity contribution in [3.05, 3.63) is 22.4 Å². The van der Waals surface area contributed by atoms with Crippen LogP contribution in [0.4, 0.5) is 0 Å². The van der Waals surface area contributed by atoms with Crippen molar-refractivity contribution in [3.63, 3.8) is 0 Å². The maximum atomic E-state index is 11.6. The predicted octanol–water partition coefficient (Wildman–Crippen LogP) is 2.12. The van der Waals surface area contributed by atoms with E-state index in [1.807, 2.05) is 13.8 Å². The number of rotatable bonds is 5. The molecule has 0 saturated heterocycles. The van der Waals surface area contributed by atoms with Gasteiger partial charge in [-0.05, 0) is 28.3 Å². The number of carbonyl (C=O) groups is 2. The number of esters is 1. The zero-order valence-corrected chi connectivity index (χ0v) is 9.99. The number of hydrogen-bond acceptors (Lipinski definition) is 4. The van der Waals surface area contributed by atoms with Gasteiger partial charge in [0.05, 0.1) is 6.61 Å². The quantitative estimate of drug-likeness (QED) is 0.634. The number of carbonyl (C=O) groups excluding carboxylic acids is 1. The van der Waals surface area contributed by atoms with E-state index in [1.54, 1.807) is 16.8 Å². The second-order valence-corrected chi connectivity index (χ2v) is 4.63. The van der Waals surface area contributed by atoms with Gasteiger partial charge in [-0.25, -0.2) is 0 Å². The Kier molecular flexibility index (Phi) is 4.49. The fourth-order valence-corrected chi connectivity index (χ4v) is 1.84. The monoisotopic (exact) mass is 242 g/mol. The molecule has 0 aliphatic rings. The number of hydrogen-bond donors (Lipinski definition) is 1. The Hall–Kier alpha value is -1.36. The normalized spacial score (nSPS) is 12.4. The van der Waals surface area contributed by atoms with Crippen LogP contribution in [0.15, 0.2) is 16.8 Å². The lowest BCUT2D eigenvalue weighted by molar-refractivity contribution is -0.154. The van der Waals surface area contributed by atoms with Crippen LogP contribution in [0.25, 0.3) is 0 Å². The van der Waals surface area contributed by atoms with E-state index in [-0.39, 0.29) is 12.5 Å². The highest BCUT2D eigenvalue weighted by atomic mass is 32.1. The van der Waals surface area contributed by atoms with Gasteiger partial charge < -0.3 is 9.84 Å². The molecule has 0 aromatic carbocycles. The number of thiophene rings is 1. The first kappa shape index (κ1) is 12.7. The molecule has 0 fully saturated rings. The van der Waals surface area contributed by atoms with E-state index >= 15 is 0 Å². The smallest absolute Gasteiger partial charge is 0.324 e. The van der Waals surface area contributed by atoms with E-state index in [2.05, 4.69) is 0 Å². The van der Waals surface area contributed by atoms with Gasteiger partial charge >= 0.3 is 11.9 Å². The van der Waals surface area contributed by atoms with E-state index in [0.29, 0.717) is 5.56 Å². The van der Waals surface area contributed by atoms with E-state index in [9.17, 15) is 9.59 Å². The van der Waals surface area contributed by atoms with Gasteiger partial charge in [-0.3, -0.25) is 9.59 Å². The molecule has 1 aromatic heterocycles. The third-order valence-electron chi connectivity index (χ3n) is 1.92. The minimum Gasteiger partial charge on any atom is -0.480 e. The van der Waals surface area contributed by atoms with Crippen molar-refractivity contribution in [2.45, 2.75) is 19.8 Å². The van der Waals surface area contributed by atoms with E-state index < -0.39 is 17.9 Å². The van der Waals surface area contributed by atoms with Crippen molar-refractivity contribution in [2.75, 3.05) is 6.61 Å². The van der Waals surface area contributed by atoms with Crippen molar-refractivity contribution in [3.8, 4) is 0 Å². The summed E-state index contributed by atoms with van der Waals surface area (Å²) in [7, 11) is 0. The van der Waals surface area contributed by atoms with E-state index in [4.69, 9.17) is 9.84 Å². The Morgan fingerprint density at radius 1 is 1.50 bits per heavy atom. The van der Waals surface area contributed by atoms with Crippen LogP contribution in [0.5, 0.6) is 0 Å². The van der Waals surface area contributed by atoms with Gasteiger partial charge in [0.2, 0.25) is 0 Å². The number of carboxylic acids is 1. The summed E-state index contributed by atoms with van der Waals surface area (Å²) in [4.78, 5) is 22.6. The van der Waals surface area contributed by atoms with E-state index in [1.165, 1.54) is 11.3 Å². The summed E-state index contributed by atoms with van der Waals surface area (Å²) in [6.07, 6.45) is 0. The zero-order valence-electron chi connectivity index (χ0n) is 9.17. The van der Waals surface area contributed by atoms with Gasteiger partial charge in [-0.2, -0.15) is 11.3 Å².